The first-order valence-corrected chi connectivity index (χ1v) is 6.92. The van der Waals surface area contributed by atoms with Gasteiger partial charge in [-0.1, -0.05) is 6.92 Å². The van der Waals surface area contributed by atoms with Crippen molar-refractivity contribution in [3.05, 3.63) is 17.0 Å². The average molecular weight is 247 g/mol. The zero-order chi connectivity index (χ0) is 11.4. The topological polar surface area (TPSA) is 17.8 Å². The molecule has 0 aliphatic carbocycles. The lowest BCUT2D eigenvalue weighted by atomic mass is 10.1. The molecule has 86 valence electrons. The molecule has 0 bridgehead atoms. The second kappa shape index (κ2) is 5.80. The highest BCUT2D eigenvalue weighted by Gasteiger charge is 2.15. The highest BCUT2D eigenvalue weighted by atomic mass is 35.5. The van der Waals surface area contributed by atoms with Gasteiger partial charge in [0.25, 0.3) is 0 Å². The van der Waals surface area contributed by atoms with Crippen LogP contribution in [0.4, 0.5) is 0 Å². The van der Waals surface area contributed by atoms with Gasteiger partial charge in [-0.2, -0.15) is 16.9 Å². The maximum atomic E-state index is 6.13. The van der Waals surface area contributed by atoms with Gasteiger partial charge in [0.2, 0.25) is 0 Å². The number of aromatic nitrogens is 2. The van der Waals surface area contributed by atoms with E-state index in [1.807, 2.05) is 25.6 Å². The molecule has 2 nitrogen and oxygen atoms in total. The first-order valence-electron chi connectivity index (χ1n) is 5.33. The maximum absolute atomic E-state index is 6.13. The van der Waals surface area contributed by atoms with Crippen molar-refractivity contribution < 1.29 is 0 Å². The van der Waals surface area contributed by atoms with Crippen LogP contribution in [0, 0.1) is 13.8 Å². The second-order valence-corrected chi connectivity index (χ2v) is 5.67. The van der Waals surface area contributed by atoms with Crippen LogP contribution in [0.3, 0.4) is 0 Å². The van der Waals surface area contributed by atoms with Crippen LogP contribution >= 0.6 is 23.4 Å². The minimum Gasteiger partial charge on any atom is -0.268 e. The van der Waals surface area contributed by atoms with Crippen molar-refractivity contribution in [2.75, 3.05) is 11.5 Å². The molecule has 0 amide bonds. The summed E-state index contributed by atoms with van der Waals surface area (Å²) in [5.41, 5.74) is 3.47. The number of halogens is 1. The molecule has 1 aromatic rings. The minimum atomic E-state index is 0.0533. The highest BCUT2D eigenvalue weighted by molar-refractivity contribution is 7.99. The monoisotopic (exact) mass is 246 g/mol. The smallest absolute Gasteiger partial charge is 0.0643 e. The Morgan fingerprint density at radius 3 is 2.60 bits per heavy atom. The number of thioether (sulfide) groups is 1. The molecule has 1 atom stereocenters. The van der Waals surface area contributed by atoms with Crippen molar-refractivity contribution in [3.8, 4) is 0 Å². The van der Waals surface area contributed by atoms with Crippen LogP contribution < -0.4 is 0 Å². The third-order valence-corrected chi connectivity index (χ3v) is 3.58. The molecule has 0 aliphatic rings. The molecule has 0 saturated carbocycles. The fourth-order valence-electron chi connectivity index (χ4n) is 1.80. The first-order chi connectivity index (χ1) is 7.07. The Morgan fingerprint density at radius 1 is 1.47 bits per heavy atom. The molecule has 1 unspecified atom stereocenters. The van der Waals surface area contributed by atoms with Gasteiger partial charge in [0.05, 0.1) is 17.6 Å². The van der Waals surface area contributed by atoms with E-state index in [2.05, 4.69) is 23.6 Å². The molecule has 0 radical (unpaired) electrons. The van der Waals surface area contributed by atoms with E-state index in [0.717, 1.165) is 23.7 Å². The standard InChI is InChI=1S/C11H19ClN2S/c1-5-15-7-6-14-10(4)11(8(2)12)9(3)13-14/h8H,5-7H2,1-4H3. The summed E-state index contributed by atoms with van der Waals surface area (Å²) in [5, 5.41) is 4.58. The number of nitrogens with zero attached hydrogens (tertiary/aromatic N) is 2. The first kappa shape index (κ1) is 12.9. The van der Waals surface area contributed by atoms with Gasteiger partial charge in [0.1, 0.15) is 0 Å². The maximum Gasteiger partial charge on any atom is 0.0643 e. The van der Waals surface area contributed by atoms with E-state index in [4.69, 9.17) is 11.6 Å². The lowest BCUT2D eigenvalue weighted by molar-refractivity contribution is 0.639. The van der Waals surface area contributed by atoms with Crippen LogP contribution in [0.5, 0.6) is 0 Å². The van der Waals surface area contributed by atoms with Gasteiger partial charge in [-0.25, -0.2) is 0 Å². The van der Waals surface area contributed by atoms with Crippen LogP contribution in [0.2, 0.25) is 0 Å². The molecule has 0 saturated heterocycles. The number of alkyl halides is 1. The molecule has 15 heavy (non-hydrogen) atoms. The largest absolute Gasteiger partial charge is 0.268 e. The Morgan fingerprint density at radius 2 is 2.13 bits per heavy atom. The summed E-state index contributed by atoms with van der Waals surface area (Å²) in [5.74, 6) is 2.28. The lowest BCUT2D eigenvalue weighted by Crippen LogP contribution is -2.05. The van der Waals surface area contributed by atoms with Gasteiger partial charge in [-0.15, -0.1) is 11.6 Å². The fourth-order valence-corrected chi connectivity index (χ4v) is 2.71. The van der Waals surface area contributed by atoms with Crippen LogP contribution in [-0.4, -0.2) is 21.3 Å². The van der Waals surface area contributed by atoms with E-state index >= 15 is 0 Å². The zero-order valence-corrected chi connectivity index (χ0v) is 11.5. The van der Waals surface area contributed by atoms with Gasteiger partial charge < -0.3 is 0 Å². The molecular weight excluding hydrogens is 228 g/mol. The summed E-state index contributed by atoms with van der Waals surface area (Å²) in [4.78, 5) is 0. The zero-order valence-electron chi connectivity index (χ0n) is 9.88. The van der Waals surface area contributed by atoms with Crippen LogP contribution in [-0.2, 0) is 6.54 Å². The minimum absolute atomic E-state index is 0.0533. The van der Waals surface area contributed by atoms with E-state index in [9.17, 15) is 0 Å². The van der Waals surface area contributed by atoms with Gasteiger partial charge in [0.15, 0.2) is 0 Å². The van der Waals surface area contributed by atoms with Crippen LogP contribution in [0.15, 0.2) is 0 Å². The van der Waals surface area contributed by atoms with Gasteiger partial charge in [0, 0.05) is 17.0 Å². The molecule has 0 aliphatic heterocycles. The van der Waals surface area contributed by atoms with E-state index in [0.29, 0.717) is 0 Å². The third kappa shape index (κ3) is 3.15. The van der Waals surface area contributed by atoms with Crippen LogP contribution in [0.25, 0.3) is 0 Å². The van der Waals surface area contributed by atoms with Crippen LogP contribution in [0.1, 0.15) is 36.2 Å². The van der Waals surface area contributed by atoms with E-state index in [1.165, 1.54) is 11.3 Å². The SMILES string of the molecule is CCSCCn1nc(C)c(C(C)Cl)c1C. The average Bonchev–Trinajstić information content (AvgIpc) is 2.42. The molecule has 0 N–H and O–H groups in total. The van der Waals surface area contributed by atoms with E-state index in [1.54, 1.807) is 0 Å². The normalized spacial score (nSPS) is 13.1. The molecule has 0 aromatic carbocycles. The predicted octanol–water partition coefficient (Wildman–Crippen LogP) is 3.55. The summed E-state index contributed by atoms with van der Waals surface area (Å²) in [6.07, 6.45) is 0. The Labute approximate surface area is 101 Å². The summed E-state index contributed by atoms with van der Waals surface area (Å²) < 4.78 is 2.08. The molecule has 1 aromatic heterocycles. The number of hydrogen-bond acceptors (Lipinski definition) is 2. The Bertz CT molecular complexity index is 321. The number of rotatable bonds is 5. The quantitative estimate of drug-likeness (QED) is 0.584. The molecule has 0 fully saturated rings. The second-order valence-electron chi connectivity index (χ2n) is 3.62. The van der Waals surface area contributed by atoms with Crippen molar-refractivity contribution in [3.63, 3.8) is 0 Å². The Hall–Kier alpha value is -0.150. The van der Waals surface area contributed by atoms with Gasteiger partial charge in [-0.3, -0.25) is 4.68 Å². The lowest BCUT2D eigenvalue weighted by Gasteiger charge is -2.05. The van der Waals surface area contributed by atoms with Crippen molar-refractivity contribution in [2.45, 2.75) is 39.6 Å². The number of aryl methyl sites for hydroxylation is 2. The molecular formula is C11H19ClN2S. The van der Waals surface area contributed by atoms with Gasteiger partial charge >= 0.3 is 0 Å². The summed E-state index contributed by atoms with van der Waals surface area (Å²) in [6, 6.07) is 0. The molecule has 1 heterocycles. The van der Waals surface area contributed by atoms with E-state index < -0.39 is 0 Å². The van der Waals surface area contributed by atoms with Crippen molar-refractivity contribution in [1.29, 1.82) is 0 Å². The van der Waals surface area contributed by atoms with Crippen molar-refractivity contribution >= 4 is 23.4 Å². The summed E-state index contributed by atoms with van der Waals surface area (Å²) >= 11 is 8.07. The van der Waals surface area contributed by atoms with Gasteiger partial charge in [-0.05, 0) is 26.5 Å². The molecule has 1 rings (SSSR count). The molecule has 4 heteroatoms. The number of hydrogen-bond donors (Lipinski definition) is 0. The van der Waals surface area contributed by atoms with Crippen molar-refractivity contribution in [1.82, 2.24) is 9.78 Å². The third-order valence-electron chi connectivity index (χ3n) is 2.49. The Kier molecular flexibility index (Phi) is 5.00. The van der Waals surface area contributed by atoms with E-state index in [-0.39, 0.29) is 5.38 Å². The summed E-state index contributed by atoms with van der Waals surface area (Å²) in [6.45, 7) is 9.30. The summed E-state index contributed by atoms with van der Waals surface area (Å²) in [7, 11) is 0. The predicted molar refractivity (Wildman–Crippen MR) is 69.0 cm³/mol. The fraction of sp³-hybridized carbons (Fsp3) is 0.727. The Balaban J connectivity index is 2.77. The molecule has 0 spiro atoms. The van der Waals surface area contributed by atoms with Crippen molar-refractivity contribution in [2.24, 2.45) is 0 Å². The highest BCUT2D eigenvalue weighted by Crippen LogP contribution is 2.26.